The summed E-state index contributed by atoms with van der Waals surface area (Å²) in [6, 6.07) is 1.95. The Balaban J connectivity index is 2.20. The van der Waals surface area contributed by atoms with E-state index in [-0.39, 0.29) is 23.9 Å². The van der Waals surface area contributed by atoms with E-state index in [2.05, 4.69) is 10.6 Å². The molecular formula is C12H13N3O5S. The first-order valence-corrected chi connectivity index (χ1v) is 6.88. The van der Waals surface area contributed by atoms with Crippen LogP contribution in [0.15, 0.2) is 12.1 Å². The molecule has 1 aliphatic heterocycles. The Labute approximate surface area is 123 Å². The van der Waals surface area contributed by atoms with Crippen LogP contribution in [0, 0.1) is 0 Å². The topological polar surface area (TPSA) is 116 Å². The number of carboxylic acids is 1. The van der Waals surface area contributed by atoms with Crippen LogP contribution in [0.2, 0.25) is 0 Å². The highest BCUT2D eigenvalue weighted by molar-refractivity contribution is 7.18. The number of carboxylic acid groups (broad SMARTS) is 1. The molecule has 1 fully saturated rings. The van der Waals surface area contributed by atoms with Crippen LogP contribution in [0.3, 0.4) is 0 Å². The molecule has 8 nitrogen and oxygen atoms in total. The van der Waals surface area contributed by atoms with Crippen molar-refractivity contribution in [1.82, 2.24) is 10.2 Å². The Kier molecular flexibility index (Phi) is 4.22. The summed E-state index contributed by atoms with van der Waals surface area (Å²) in [5, 5.41) is 14.6. The first-order valence-electron chi connectivity index (χ1n) is 6.06. The van der Waals surface area contributed by atoms with Gasteiger partial charge in [-0.25, -0.2) is 4.79 Å². The number of anilines is 1. The molecule has 3 amide bonds. The van der Waals surface area contributed by atoms with Crippen molar-refractivity contribution in [2.24, 2.45) is 0 Å². The summed E-state index contributed by atoms with van der Waals surface area (Å²) in [4.78, 5) is 47.1. The van der Waals surface area contributed by atoms with Gasteiger partial charge >= 0.3 is 5.97 Å². The first-order chi connectivity index (χ1) is 9.88. The molecule has 0 aromatic carbocycles. The quantitative estimate of drug-likeness (QED) is 0.711. The maximum Gasteiger partial charge on any atom is 0.328 e. The summed E-state index contributed by atoms with van der Waals surface area (Å²) in [7, 11) is 0. The molecule has 1 atom stereocenters. The Morgan fingerprint density at radius 3 is 2.76 bits per heavy atom. The molecule has 1 aromatic rings. The predicted molar refractivity (Wildman–Crippen MR) is 74.1 cm³/mol. The first kappa shape index (κ1) is 15.0. The van der Waals surface area contributed by atoms with Crippen molar-refractivity contribution >= 4 is 40.0 Å². The summed E-state index contributed by atoms with van der Waals surface area (Å²) >= 11 is 1.03. The van der Waals surface area contributed by atoms with E-state index in [0.717, 1.165) is 16.2 Å². The normalized spacial score (nSPS) is 18.0. The van der Waals surface area contributed by atoms with Crippen LogP contribution in [-0.4, -0.2) is 52.8 Å². The van der Waals surface area contributed by atoms with Crippen LogP contribution >= 0.6 is 11.3 Å². The lowest BCUT2D eigenvalue weighted by Crippen LogP contribution is -2.59. The Bertz CT molecular complexity index is 612. The fourth-order valence-corrected chi connectivity index (χ4v) is 2.82. The molecule has 1 aliphatic rings. The van der Waals surface area contributed by atoms with Gasteiger partial charge < -0.3 is 20.6 Å². The Morgan fingerprint density at radius 2 is 2.14 bits per heavy atom. The van der Waals surface area contributed by atoms with Gasteiger partial charge in [-0.2, -0.15) is 0 Å². The van der Waals surface area contributed by atoms with Gasteiger partial charge in [0, 0.05) is 13.5 Å². The standard InChI is InChI=1S/C12H13N3O5S/c1-6(16)14-10-3-2-8(21-10)11(18)15-5-9(17)13-4-7(15)12(19)20/h2-3,7H,4-5H2,1H3,(H,13,17)(H,14,16)(H,19,20). The highest BCUT2D eigenvalue weighted by Gasteiger charge is 2.36. The molecule has 9 heteroatoms. The maximum absolute atomic E-state index is 12.3. The van der Waals surface area contributed by atoms with Gasteiger partial charge in [-0.3, -0.25) is 14.4 Å². The molecule has 1 unspecified atom stereocenters. The fraction of sp³-hybridized carbons (Fsp3) is 0.333. The van der Waals surface area contributed by atoms with Gasteiger partial charge in [0.05, 0.1) is 9.88 Å². The molecule has 1 saturated heterocycles. The SMILES string of the molecule is CC(=O)Nc1ccc(C(=O)N2CC(=O)NCC2C(=O)O)s1. The Morgan fingerprint density at radius 1 is 1.43 bits per heavy atom. The summed E-state index contributed by atoms with van der Waals surface area (Å²) in [5.41, 5.74) is 0. The van der Waals surface area contributed by atoms with Crippen LogP contribution in [-0.2, 0) is 14.4 Å². The Hall–Kier alpha value is -2.42. The minimum atomic E-state index is -1.18. The number of hydrogen-bond donors (Lipinski definition) is 3. The number of carbonyl (C=O) groups excluding carboxylic acids is 3. The number of amides is 3. The van der Waals surface area contributed by atoms with Crippen LogP contribution in [0.1, 0.15) is 16.6 Å². The van der Waals surface area contributed by atoms with Crippen molar-refractivity contribution in [3.8, 4) is 0 Å². The van der Waals surface area contributed by atoms with Gasteiger partial charge in [0.1, 0.15) is 12.6 Å². The lowest BCUT2D eigenvalue weighted by atomic mass is 10.2. The molecule has 21 heavy (non-hydrogen) atoms. The number of aliphatic carboxylic acids is 1. The van der Waals surface area contributed by atoms with Gasteiger partial charge in [-0.1, -0.05) is 0 Å². The van der Waals surface area contributed by atoms with Gasteiger partial charge in [-0.15, -0.1) is 11.3 Å². The molecule has 2 heterocycles. The zero-order chi connectivity index (χ0) is 15.6. The third kappa shape index (κ3) is 3.37. The van der Waals surface area contributed by atoms with Crippen molar-refractivity contribution in [2.75, 3.05) is 18.4 Å². The molecule has 112 valence electrons. The third-order valence-corrected chi connectivity index (χ3v) is 3.83. The summed E-state index contributed by atoms with van der Waals surface area (Å²) in [5.74, 6) is -2.39. The third-order valence-electron chi connectivity index (χ3n) is 2.84. The predicted octanol–water partition coefficient (Wildman–Crippen LogP) is -0.268. The summed E-state index contributed by atoms with van der Waals surface area (Å²) < 4.78 is 0. The average Bonchev–Trinajstić information content (AvgIpc) is 2.85. The maximum atomic E-state index is 12.3. The van der Waals surface area contributed by atoms with E-state index in [9.17, 15) is 19.2 Å². The minimum absolute atomic E-state index is 0.121. The lowest BCUT2D eigenvalue weighted by Gasteiger charge is -2.32. The van der Waals surface area contributed by atoms with Crippen LogP contribution < -0.4 is 10.6 Å². The number of hydrogen-bond acceptors (Lipinski definition) is 5. The van der Waals surface area contributed by atoms with Gasteiger partial charge in [0.15, 0.2) is 0 Å². The van der Waals surface area contributed by atoms with E-state index in [0.29, 0.717) is 5.00 Å². The average molecular weight is 311 g/mol. The van der Waals surface area contributed by atoms with Gasteiger partial charge in [0.2, 0.25) is 11.8 Å². The van der Waals surface area contributed by atoms with Crippen molar-refractivity contribution in [1.29, 1.82) is 0 Å². The summed E-state index contributed by atoms with van der Waals surface area (Å²) in [6.07, 6.45) is 0. The largest absolute Gasteiger partial charge is 0.480 e. The van der Waals surface area contributed by atoms with E-state index in [1.807, 2.05) is 0 Å². The summed E-state index contributed by atoms with van der Waals surface area (Å²) in [6.45, 7) is 0.920. The molecule has 0 spiro atoms. The number of carbonyl (C=O) groups is 4. The number of rotatable bonds is 3. The van der Waals surface area contributed by atoms with Crippen LogP contribution in [0.4, 0.5) is 5.00 Å². The number of thiophene rings is 1. The molecule has 0 bridgehead atoms. The second kappa shape index (κ2) is 5.92. The second-order valence-electron chi connectivity index (χ2n) is 4.44. The molecule has 0 saturated carbocycles. The van der Waals surface area contributed by atoms with E-state index in [1.54, 1.807) is 6.07 Å². The smallest absolute Gasteiger partial charge is 0.328 e. The van der Waals surface area contributed by atoms with Gasteiger partial charge in [-0.05, 0) is 12.1 Å². The highest BCUT2D eigenvalue weighted by atomic mass is 32.1. The zero-order valence-corrected chi connectivity index (χ0v) is 11.9. The molecule has 0 aliphatic carbocycles. The molecule has 1 aromatic heterocycles. The highest BCUT2D eigenvalue weighted by Crippen LogP contribution is 2.24. The van der Waals surface area contributed by atoms with Crippen molar-refractivity contribution in [3.05, 3.63) is 17.0 Å². The second-order valence-corrected chi connectivity index (χ2v) is 5.52. The number of nitrogens with one attached hydrogen (secondary N) is 2. The van der Waals surface area contributed by atoms with Crippen LogP contribution in [0.5, 0.6) is 0 Å². The van der Waals surface area contributed by atoms with Crippen molar-refractivity contribution in [3.63, 3.8) is 0 Å². The molecular weight excluding hydrogens is 298 g/mol. The van der Waals surface area contributed by atoms with Crippen molar-refractivity contribution in [2.45, 2.75) is 13.0 Å². The number of piperazine rings is 1. The number of nitrogens with zero attached hydrogens (tertiary/aromatic N) is 1. The minimum Gasteiger partial charge on any atom is -0.480 e. The van der Waals surface area contributed by atoms with E-state index < -0.39 is 23.8 Å². The fourth-order valence-electron chi connectivity index (χ4n) is 1.91. The molecule has 3 N–H and O–H groups in total. The lowest BCUT2D eigenvalue weighted by molar-refractivity contribution is -0.144. The van der Waals surface area contributed by atoms with E-state index in [1.165, 1.54) is 13.0 Å². The molecule has 0 radical (unpaired) electrons. The zero-order valence-electron chi connectivity index (χ0n) is 11.1. The van der Waals surface area contributed by atoms with Gasteiger partial charge in [0.25, 0.3) is 5.91 Å². The molecule has 2 rings (SSSR count). The van der Waals surface area contributed by atoms with E-state index in [4.69, 9.17) is 5.11 Å². The van der Waals surface area contributed by atoms with Crippen LogP contribution in [0.25, 0.3) is 0 Å². The monoisotopic (exact) mass is 311 g/mol. The van der Waals surface area contributed by atoms with E-state index >= 15 is 0 Å². The van der Waals surface area contributed by atoms with Crippen molar-refractivity contribution < 1.29 is 24.3 Å².